The summed E-state index contributed by atoms with van der Waals surface area (Å²) >= 11 is 1.70. The third kappa shape index (κ3) is 2.73. The van der Waals surface area contributed by atoms with Crippen molar-refractivity contribution in [2.75, 3.05) is 11.4 Å². The molecule has 2 aromatic carbocycles. The lowest BCUT2D eigenvalue weighted by molar-refractivity contribution is 0.483. The Morgan fingerprint density at radius 2 is 1.92 bits per heavy atom. The molecule has 0 amide bonds. The summed E-state index contributed by atoms with van der Waals surface area (Å²) in [5.41, 5.74) is 4.18. The van der Waals surface area contributed by atoms with Crippen LogP contribution in [0.15, 0.2) is 64.9 Å². The fourth-order valence-electron chi connectivity index (χ4n) is 3.08. The highest BCUT2D eigenvalue weighted by molar-refractivity contribution is 7.85. The number of hydrogen-bond donors (Lipinski definition) is 1. The maximum absolute atomic E-state index is 11.3. The van der Waals surface area contributed by atoms with Gasteiger partial charge in [-0.25, -0.2) is 0 Å². The van der Waals surface area contributed by atoms with E-state index in [0.29, 0.717) is 0 Å². The normalized spacial score (nSPS) is 14.0. The van der Waals surface area contributed by atoms with Gasteiger partial charge in [-0.1, -0.05) is 18.2 Å². The second kappa shape index (κ2) is 5.73. The lowest BCUT2D eigenvalue weighted by atomic mass is 10.1. The van der Waals surface area contributed by atoms with E-state index in [0.717, 1.165) is 29.9 Å². The van der Waals surface area contributed by atoms with E-state index in [4.69, 9.17) is 0 Å². The highest BCUT2D eigenvalue weighted by Gasteiger charge is 2.23. The van der Waals surface area contributed by atoms with E-state index in [1.54, 1.807) is 23.5 Å². The third-order valence-electron chi connectivity index (χ3n) is 4.21. The molecule has 0 aliphatic carbocycles. The quantitative estimate of drug-likeness (QED) is 0.708. The average molecular weight is 357 g/mol. The second-order valence-corrected chi connectivity index (χ2v) is 8.06. The molecule has 0 spiro atoms. The standard InChI is InChI=1S/C18H15NO3S2/c20-24(21,22)16-6-7-17-13(12-16)8-9-19(17)15-4-1-3-14(11-15)18-5-2-10-23-18/h1-7,10-12H,8-9H2,(H,20,21,22). The Kier molecular flexibility index (Phi) is 3.68. The summed E-state index contributed by atoms with van der Waals surface area (Å²) in [7, 11) is -4.16. The van der Waals surface area contributed by atoms with Crippen LogP contribution < -0.4 is 4.90 Å². The van der Waals surface area contributed by atoms with Crippen LogP contribution in [0.4, 0.5) is 11.4 Å². The Bertz CT molecular complexity index is 995. The van der Waals surface area contributed by atoms with Crippen LogP contribution >= 0.6 is 11.3 Å². The monoisotopic (exact) mass is 357 g/mol. The third-order valence-corrected chi connectivity index (χ3v) is 5.98. The van der Waals surface area contributed by atoms with Gasteiger partial charge in [0, 0.05) is 22.8 Å². The van der Waals surface area contributed by atoms with Gasteiger partial charge in [-0.15, -0.1) is 11.3 Å². The topological polar surface area (TPSA) is 57.6 Å². The van der Waals surface area contributed by atoms with Crippen molar-refractivity contribution < 1.29 is 13.0 Å². The van der Waals surface area contributed by atoms with Crippen molar-refractivity contribution >= 4 is 32.8 Å². The van der Waals surface area contributed by atoms with Gasteiger partial charge in [0.15, 0.2) is 0 Å². The molecule has 0 fully saturated rings. The smallest absolute Gasteiger partial charge is 0.294 e. The van der Waals surface area contributed by atoms with E-state index >= 15 is 0 Å². The first kappa shape index (κ1) is 15.4. The average Bonchev–Trinajstić information content (AvgIpc) is 3.23. The van der Waals surface area contributed by atoms with Crippen molar-refractivity contribution in [3.63, 3.8) is 0 Å². The Morgan fingerprint density at radius 1 is 1.04 bits per heavy atom. The summed E-state index contributed by atoms with van der Waals surface area (Å²) < 4.78 is 31.8. The molecule has 1 N–H and O–H groups in total. The molecule has 0 saturated heterocycles. The van der Waals surface area contributed by atoms with Crippen molar-refractivity contribution in [1.29, 1.82) is 0 Å². The molecule has 0 radical (unpaired) electrons. The van der Waals surface area contributed by atoms with Crippen LogP contribution in [0.1, 0.15) is 5.56 Å². The van der Waals surface area contributed by atoms with Crippen LogP contribution in [-0.4, -0.2) is 19.5 Å². The van der Waals surface area contributed by atoms with Crippen molar-refractivity contribution in [3.05, 3.63) is 65.5 Å². The van der Waals surface area contributed by atoms with Gasteiger partial charge in [0.05, 0.1) is 4.90 Å². The maximum atomic E-state index is 11.3. The van der Waals surface area contributed by atoms with Gasteiger partial charge in [-0.2, -0.15) is 8.42 Å². The molecule has 4 rings (SSSR count). The summed E-state index contributed by atoms with van der Waals surface area (Å²) in [5, 5.41) is 2.06. The largest absolute Gasteiger partial charge is 0.341 e. The number of fused-ring (bicyclic) bond motifs is 1. The molecule has 2 heterocycles. The molecule has 0 atom stereocenters. The summed E-state index contributed by atoms with van der Waals surface area (Å²) in [6.07, 6.45) is 0.752. The van der Waals surface area contributed by atoms with Gasteiger partial charge >= 0.3 is 0 Å². The molecule has 0 bridgehead atoms. The summed E-state index contributed by atoms with van der Waals surface area (Å²) in [6, 6.07) is 17.3. The molecule has 6 heteroatoms. The van der Waals surface area contributed by atoms with Crippen LogP contribution in [0, 0.1) is 0 Å². The Hall–Kier alpha value is -2.15. The van der Waals surface area contributed by atoms with E-state index in [-0.39, 0.29) is 4.90 Å². The molecule has 4 nitrogen and oxygen atoms in total. The zero-order valence-corrected chi connectivity index (χ0v) is 14.3. The molecule has 0 saturated carbocycles. The lowest BCUT2D eigenvalue weighted by Gasteiger charge is -2.20. The number of nitrogens with zero attached hydrogens (tertiary/aromatic N) is 1. The highest BCUT2D eigenvalue weighted by Crippen LogP contribution is 2.37. The summed E-state index contributed by atoms with van der Waals surface area (Å²) in [4.78, 5) is 3.36. The SMILES string of the molecule is O=S(=O)(O)c1ccc2c(c1)CCN2c1cccc(-c2cccs2)c1. The van der Waals surface area contributed by atoms with Crippen LogP contribution in [0.5, 0.6) is 0 Å². The molecular weight excluding hydrogens is 342 g/mol. The molecule has 0 unspecified atom stereocenters. The van der Waals surface area contributed by atoms with Crippen molar-refractivity contribution in [2.45, 2.75) is 11.3 Å². The first-order valence-corrected chi connectivity index (χ1v) is 9.86. The van der Waals surface area contributed by atoms with Crippen LogP contribution in [0.25, 0.3) is 10.4 Å². The van der Waals surface area contributed by atoms with E-state index < -0.39 is 10.1 Å². The van der Waals surface area contributed by atoms with Crippen molar-refractivity contribution in [3.8, 4) is 10.4 Å². The summed E-state index contributed by atoms with van der Waals surface area (Å²) in [6.45, 7) is 0.790. The second-order valence-electron chi connectivity index (χ2n) is 5.69. The minimum absolute atomic E-state index is 0.0459. The predicted octanol–water partition coefficient (Wildman–Crippen LogP) is 4.36. The molecule has 1 aromatic heterocycles. The van der Waals surface area contributed by atoms with Crippen LogP contribution in [0.3, 0.4) is 0 Å². The maximum Gasteiger partial charge on any atom is 0.294 e. The number of thiophene rings is 1. The van der Waals surface area contributed by atoms with E-state index in [1.807, 2.05) is 12.1 Å². The molecule has 122 valence electrons. The first-order chi connectivity index (χ1) is 11.5. The predicted molar refractivity (Wildman–Crippen MR) is 96.7 cm³/mol. The van der Waals surface area contributed by atoms with Crippen molar-refractivity contribution in [1.82, 2.24) is 0 Å². The van der Waals surface area contributed by atoms with E-state index in [1.165, 1.54) is 16.5 Å². The zero-order chi connectivity index (χ0) is 16.7. The van der Waals surface area contributed by atoms with Gasteiger partial charge in [0.2, 0.25) is 0 Å². The zero-order valence-electron chi connectivity index (χ0n) is 12.7. The fourth-order valence-corrected chi connectivity index (χ4v) is 4.33. The summed E-state index contributed by atoms with van der Waals surface area (Å²) in [5.74, 6) is 0. The fraction of sp³-hybridized carbons (Fsp3) is 0.111. The van der Waals surface area contributed by atoms with Gasteiger partial charge in [-0.3, -0.25) is 4.55 Å². The number of anilines is 2. The van der Waals surface area contributed by atoms with Crippen molar-refractivity contribution in [2.24, 2.45) is 0 Å². The molecule has 24 heavy (non-hydrogen) atoms. The molecular formula is C18H15NO3S2. The van der Waals surface area contributed by atoms with E-state index in [9.17, 15) is 13.0 Å². The number of hydrogen-bond acceptors (Lipinski definition) is 4. The Morgan fingerprint density at radius 3 is 2.67 bits per heavy atom. The Balaban J connectivity index is 1.73. The number of rotatable bonds is 3. The lowest BCUT2D eigenvalue weighted by Crippen LogP contribution is -2.13. The molecule has 1 aliphatic rings. The minimum atomic E-state index is -4.16. The Labute approximate surface area is 144 Å². The van der Waals surface area contributed by atoms with Crippen LogP contribution in [-0.2, 0) is 16.5 Å². The van der Waals surface area contributed by atoms with Gasteiger partial charge in [-0.05, 0) is 59.3 Å². The van der Waals surface area contributed by atoms with Gasteiger partial charge < -0.3 is 4.90 Å². The van der Waals surface area contributed by atoms with Gasteiger partial charge in [0.1, 0.15) is 0 Å². The molecule has 3 aromatic rings. The first-order valence-electron chi connectivity index (χ1n) is 7.54. The van der Waals surface area contributed by atoms with E-state index in [2.05, 4.69) is 34.5 Å². The number of benzene rings is 2. The molecule has 1 aliphatic heterocycles. The van der Waals surface area contributed by atoms with Gasteiger partial charge in [0.25, 0.3) is 10.1 Å². The van der Waals surface area contributed by atoms with Crippen LogP contribution in [0.2, 0.25) is 0 Å². The highest BCUT2D eigenvalue weighted by atomic mass is 32.2. The minimum Gasteiger partial charge on any atom is -0.341 e.